The number of fused-ring (bicyclic) bond motifs is 1. The fourth-order valence-electron chi connectivity index (χ4n) is 5.74. The highest BCUT2D eigenvalue weighted by molar-refractivity contribution is 5.66. The van der Waals surface area contributed by atoms with Gasteiger partial charge in [-0.15, -0.1) is 0 Å². The van der Waals surface area contributed by atoms with Gasteiger partial charge in [0, 0.05) is 12.5 Å². The van der Waals surface area contributed by atoms with Crippen molar-refractivity contribution in [1.82, 2.24) is 5.32 Å². The number of benzene rings is 1. The lowest BCUT2D eigenvalue weighted by Crippen LogP contribution is -2.30. The molecule has 2 rings (SSSR count). The van der Waals surface area contributed by atoms with Crippen LogP contribution in [0.1, 0.15) is 102 Å². The lowest BCUT2D eigenvalue weighted by Gasteiger charge is -2.26. The van der Waals surface area contributed by atoms with Crippen molar-refractivity contribution in [1.29, 1.82) is 0 Å². The number of rotatable bonds is 17. The Kier molecular flexibility index (Phi) is 16.3. The predicted octanol–water partition coefficient (Wildman–Crippen LogP) is 5.73. The number of unbranched alkanes of at least 4 members (excludes halogenated alkanes) is 2. The highest BCUT2D eigenvalue weighted by Gasteiger charge is 2.21. The van der Waals surface area contributed by atoms with E-state index in [0.717, 1.165) is 82.7 Å². The normalized spacial score (nSPS) is 20.9. The lowest BCUT2D eigenvalue weighted by atomic mass is 9.81. The summed E-state index contributed by atoms with van der Waals surface area (Å²) < 4.78 is 0. The first kappa shape index (κ1) is 33.2. The monoisotopic (exact) mass is 543 g/mol. The van der Waals surface area contributed by atoms with Crippen LogP contribution in [-0.4, -0.2) is 57.8 Å². The number of hydrogen-bond acceptors (Lipinski definition) is 5. The molecule has 0 heterocycles. The van der Waals surface area contributed by atoms with Crippen LogP contribution >= 0.6 is 0 Å². The van der Waals surface area contributed by atoms with E-state index >= 15 is 0 Å². The third-order valence-corrected chi connectivity index (χ3v) is 8.03. The van der Waals surface area contributed by atoms with Gasteiger partial charge in [0.25, 0.3) is 0 Å². The second-order valence-electron chi connectivity index (χ2n) is 11.2. The van der Waals surface area contributed by atoms with Crippen LogP contribution in [0.15, 0.2) is 47.6 Å². The minimum atomic E-state index is -0.807. The van der Waals surface area contributed by atoms with Gasteiger partial charge in [-0.25, -0.2) is 0 Å². The van der Waals surface area contributed by atoms with Crippen LogP contribution in [0, 0.1) is 5.92 Å². The zero-order valence-electron chi connectivity index (χ0n) is 24.3. The maximum absolute atomic E-state index is 11.2. The maximum Gasteiger partial charge on any atom is 0.303 e. The smallest absolute Gasteiger partial charge is 0.303 e. The summed E-state index contributed by atoms with van der Waals surface area (Å²) in [7, 11) is 0. The second kappa shape index (κ2) is 19.1. The van der Waals surface area contributed by atoms with Crippen LogP contribution in [0.5, 0.6) is 0 Å². The number of hydrogen-bond donors (Lipinski definition) is 5. The SMILES string of the molecule is CCCCC[C@H](O)/C=C/C1=C(\C[C@H](O)CO)C[C@H](CC[C@H](CCC(=O)O)NCC)CCc2ccccc2CC1. The topological polar surface area (TPSA) is 110 Å². The number of aliphatic carboxylic acids is 1. The summed E-state index contributed by atoms with van der Waals surface area (Å²) >= 11 is 0. The van der Waals surface area contributed by atoms with Crippen molar-refractivity contribution in [3.63, 3.8) is 0 Å². The predicted molar refractivity (Wildman–Crippen MR) is 159 cm³/mol. The molecule has 1 aliphatic rings. The Balaban J connectivity index is 2.34. The van der Waals surface area contributed by atoms with Gasteiger partial charge in [-0.1, -0.05) is 75.1 Å². The molecule has 220 valence electrons. The van der Waals surface area contributed by atoms with Gasteiger partial charge in [-0.05, 0) is 93.4 Å². The molecule has 0 saturated carbocycles. The fourth-order valence-corrected chi connectivity index (χ4v) is 5.74. The quantitative estimate of drug-likeness (QED) is 0.161. The van der Waals surface area contributed by atoms with Gasteiger partial charge < -0.3 is 25.7 Å². The molecule has 0 unspecified atom stereocenters. The van der Waals surface area contributed by atoms with E-state index in [1.165, 1.54) is 16.7 Å². The van der Waals surface area contributed by atoms with Gasteiger partial charge in [0.1, 0.15) is 0 Å². The molecule has 0 saturated heterocycles. The van der Waals surface area contributed by atoms with Gasteiger partial charge >= 0.3 is 5.97 Å². The van der Waals surface area contributed by atoms with Crippen molar-refractivity contribution in [3.05, 3.63) is 58.7 Å². The van der Waals surface area contributed by atoms with E-state index in [1.54, 1.807) is 0 Å². The molecule has 4 atom stereocenters. The van der Waals surface area contributed by atoms with Crippen molar-refractivity contribution in [3.8, 4) is 0 Å². The van der Waals surface area contributed by atoms with Crippen LogP contribution in [0.4, 0.5) is 0 Å². The standard InChI is InChI=1S/C33H53NO5/c1-3-5-6-11-31(36)20-17-28-16-15-27-10-8-7-9-26(27)14-12-25(22-29(28)23-32(37)24-35)13-18-30(34-4-2)19-21-33(38)39/h7-10,17,20,25,30-32,34-37H,3-6,11-16,18-19,21-24H2,1-2H3,(H,38,39)/b20-17+,29-28-/t25-,30+,31-,32-/m0/s1. The number of aryl methyl sites for hydroxylation is 2. The third-order valence-electron chi connectivity index (χ3n) is 8.03. The molecule has 0 fully saturated rings. The van der Waals surface area contributed by atoms with Gasteiger partial charge in [0.2, 0.25) is 0 Å². The number of aliphatic hydroxyl groups excluding tert-OH is 3. The summed E-state index contributed by atoms with van der Waals surface area (Å²) in [6, 6.07) is 8.82. The van der Waals surface area contributed by atoms with Gasteiger partial charge in [-0.2, -0.15) is 0 Å². The molecule has 1 aliphatic carbocycles. The average molecular weight is 544 g/mol. The average Bonchev–Trinajstić information content (AvgIpc) is 2.92. The minimum Gasteiger partial charge on any atom is -0.481 e. The van der Waals surface area contributed by atoms with E-state index in [2.05, 4.69) is 49.5 Å². The molecule has 0 aliphatic heterocycles. The van der Waals surface area contributed by atoms with Gasteiger partial charge in [0.05, 0.1) is 18.8 Å². The molecule has 1 aromatic rings. The number of carbonyl (C=O) groups is 1. The van der Waals surface area contributed by atoms with Gasteiger partial charge in [-0.3, -0.25) is 4.79 Å². The van der Waals surface area contributed by atoms with Crippen LogP contribution in [0.3, 0.4) is 0 Å². The summed E-state index contributed by atoms with van der Waals surface area (Å²) in [5.41, 5.74) is 5.07. The van der Waals surface area contributed by atoms with Crippen LogP contribution in [0.2, 0.25) is 0 Å². The molecule has 6 heteroatoms. The molecule has 0 radical (unpaired) electrons. The third kappa shape index (κ3) is 13.3. The van der Waals surface area contributed by atoms with Crippen molar-refractivity contribution < 1.29 is 25.2 Å². The first-order chi connectivity index (χ1) is 18.9. The first-order valence-corrected chi connectivity index (χ1v) is 15.2. The Labute approximate surface area is 236 Å². The number of carboxylic acids is 1. The minimum absolute atomic E-state index is 0.166. The van der Waals surface area contributed by atoms with Crippen LogP contribution in [-0.2, 0) is 17.6 Å². The summed E-state index contributed by atoms with van der Waals surface area (Å²) in [4.78, 5) is 11.2. The molecule has 39 heavy (non-hydrogen) atoms. The van der Waals surface area contributed by atoms with E-state index < -0.39 is 18.2 Å². The number of nitrogens with one attached hydrogen (secondary N) is 1. The highest BCUT2D eigenvalue weighted by Crippen LogP contribution is 2.32. The Hall–Kier alpha value is -1.99. The molecule has 1 aromatic carbocycles. The van der Waals surface area contributed by atoms with Crippen molar-refractivity contribution in [2.24, 2.45) is 5.92 Å². The van der Waals surface area contributed by atoms with Crippen molar-refractivity contribution in [2.75, 3.05) is 13.2 Å². The maximum atomic E-state index is 11.2. The second-order valence-corrected chi connectivity index (χ2v) is 11.2. The fraction of sp³-hybridized carbons (Fsp3) is 0.667. The van der Waals surface area contributed by atoms with E-state index in [9.17, 15) is 25.2 Å². The number of carboxylic acid groups (broad SMARTS) is 1. The lowest BCUT2D eigenvalue weighted by molar-refractivity contribution is -0.137. The van der Waals surface area contributed by atoms with Gasteiger partial charge in [0.15, 0.2) is 0 Å². The molecule has 0 aromatic heterocycles. The zero-order chi connectivity index (χ0) is 28.5. The largest absolute Gasteiger partial charge is 0.481 e. The van der Waals surface area contributed by atoms with Crippen LogP contribution < -0.4 is 5.32 Å². The van der Waals surface area contributed by atoms with E-state index in [-0.39, 0.29) is 19.1 Å². The summed E-state index contributed by atoms with van der Waals surface area (Å²) in [5, 5.41) is 43.4. The zero-order valence-corrected chi connectivity index (χ0v) is 24.3. The molecule has 0 amide bonds. The first-order valence-electron chi connectivity index (χ1n) is 15.2. The Morgan fingerprint density at radius 1 is 1.05 bits per heavy atom. The molecular formula is C33H53NO5. The number of allylic oxidation sites excluding steroid dienone is 2. The van der Waals surface area contributed by atoms with Crippen LogP contribution in [0.25, 0.3) is 0 Å². The Morgan fingerprint density at radius 3 is 2.46 bits per heavy atom. The highest BCUT2D eigenvalue weighted by atomic mass is 16.4. The van der Waals surface area contributed by atoms with Crippen molar-refractivity contribution >= 4 is 5.97 Å². The molecule has 6 nitrogen and oxygen atoms in total. The Bertz CT molecular complexity index is 896. The molecule has 5 N–H and O–H groups in total. The van der Waals surface area contributed by atoms with E-state index in [4.69, 9.17) is 0 Å². The molecule has 0 spiro atoms. The van der Waals surface area contributed by atoms with E-state index in [1.807, 2.05) is 6.08 Å². The summed E-state index contributed by atoms with van der Waals surface area (Å²) in [6.45, 7) is 4.75. The summed E-state index contributed by atoms with van der Waals surface area (Å²) in [5.74, 6) is -0.384. The summed E-state index contributed by atoms with van der Waals surface area (Å²) in [6.07, 6.45) is 14.4. The molecular weight excluding hydrogens is 490 g/mol. The van der Waals surface area contributed by atoms with Crippen molar-refractivity contribution in [2.45, 2.75) is 122 Å². The molecule has 0 bridgehead atoms. The van der Waals surface area contributed by atoms with E-state index in [0.29, 0.717) is 18.8 Å². The Morgan fingerprint density at radius 2 is 1.79 bits per heavy atom. The number of aliphatic hydroxyl groups is 3.